The lowest BCUT2D eigenvalue weighted by molar-refractivity contribution is 1.39. The average Bonchev–Trinajstić information content (AvgIpc) is 2.67. The van der Waals surface area contributed by atoms with Gasteiger partial charge in [0.2, 0.25) is 0 Å². The number of halogens is 1. The molecule has 0 aliphatic rings. The van der Waals surface area contributed by atoms with Gasteiger partial charge in [-0.2, -0.15) is 5.26 Å². The molecule has 0 aliphatic heterocycles. The fraction of sp³-hybridized carbons (Fsp3) is 0. The molecule has 68 valence electrons. The van der Waals surface area contributed by atoms with Gasteiger partial charge in [0.15, 0.2) is 0 Å². The Morgan fingerprint density at radius 3 is 2.64 bits per heavy atom. The predicted molar refractivity (Wildman–Crippen MR) is 57.3 cm³/mol. The molecule has 0 bridgehead atoms. The van der Waals surface area contributed by atoms with Crippen molar-refractivity contribution < 1.29 is 0 Å². The Bertz CT molecular complexity index is 482. The van der Waals surface area contributed by atoms with E-state index in [-0.39, 0.29) is 0 Å². The molecule has 0 radical (unpaired) electrons. The van der Waals surface area contributed by atoms with Gasteiger partial charge >= 0.3 is 0 Å². The summed E-state index contributed by atoms with van der Waals surface area (Å²) in [6.45, 7) is 0. The van der Waals surface area contributed by atoms with Crippen LogP contribution < -0.4 is 0 Å². The zero-order chi connectivity index (χ0) is 9.97. The van der Waals surface area contributed by atoms with Crippen LogP contribution in [0.1, 0.15) is 4.88 Å². The smallest absolute Gasteiger partial charge is 0.132 e. The van der Waals surface area contributed by atoms with E-state index >= 15 is 0 Å². The van der Waals surface area contributed by atoms with Crippen molar-refractivity contribution in [2.45, 2.75) is 0 Å². The lowest BCUT2D eigenvalue weighted by Crippen LogP contribution is -1.79. The molecule has 1 aromatic carbocycles. The van der Waals surface area contributed by atoms with Crippen molar-refractivity contribution >= 4 is 22.9 Å². The van der Waals surface area contributed by atoms with Gasteiger partial charge in [-0.05, 0) is 12.1 Å². The molecule has 0 saturated carbocycles. The summed E-state index contributed by atoms with van der Waals surface area (Å²) in [7, 11) is 0. The summed E-state index contributed by atoms with van der Waals surface area (Å²) in [6.07, 6.45) is 0. The molecule has 1 aromatic heterocycles. The summed E-state index contributed by atoms with van der Waals surface area (Å²) in [6, 6.07) is 9.41. The Kier molecular flexibility index (Phi) is 2.49. The van der Waals surface area contributed by atoms with Gasteiger partial charge in [0.05, 0.1) is 11.2 Å². The molecule has 4 heteroatoms. The normalized spacial score (nSPS) is 9.71. The molecule has 0 unspecified atom stereocenters. The standard InChI is InChI=1S/C10H5ClN2S/c11-8-3-1-7(2-4-8)10-9(5-12)14-6-13-10/h1-4,6H. The highest BCUT2D eigenvalue weighted by Gasteiger charge is 2.07. The Morgan fingerprint density at radius 1 is 1.29 bits per heavy atom. The molecule has 0 saturated heterocycles. The highest BCUT2D eigenvalue weighted by molar-refractivity contribution is 7.10. The highest BCUT2D eigenvalue weighted by Crippen LogP contribution is 2.25. The van der Waals surface area contributed by atoms with Crippen LogP contribution in [-0.2, 0) is 0 Å². The van der Waals surface area contributed by atoms with Crippen LogP contribution in [0.4, 0.5) is 0 Å². The van der Waals surface area contributed by atoms with E-state index in [9.17, 15) is 0 Å². The molecule has 0 amide bonds. The average molecular weight is 221 g/mol. The molecular formula is C10H5ClN2S. The monoisotopic (exact) mass is 220 g/mol. The van der Waals surface area contributed by atoms with E-state index in [2.05, 4.69) is 11.1 Å². The summed E-state index contributed by atoms with van der Waals surface area (Å²) in [4.78, 5) is 4.77. The third-order valence-corrected chi connectivity index (χ3v) is 2.77. The fourth-order valence-corrected chi connectivity index (χ4v) is 1.86. The largest absolute Gasteiger partial charge is 0.243 e. The third kappa shape index (κ3) is 1.63. The van der Waals surface area contributed by atoms with Crippen LogP contribution in [0.2, 0.25) is 5.02 Å². The molecule has 2 nitrogen and oxygen atoms in total. The van der Waals surface area contributed by atoms with Crippen LogP contribution in [0.3, 0.4) is 0 Å². The minimum absolute atomic E-state index is 0.632. The Labute approximate surface area is 90.4 Å². The first kappa shape index (κ1) is 9.20. The Balaban J connectivity index is 2.50. The van der Waals surface area contributed by atoms with Crippen molar-refractivity contribution in [1.29, 1.82) is 5.26 Å². The SMILES string of the molecule is N#Cc1scnc1-c1ccc(Cl)cc1. The van der Waals surface area contributed by atoms with Crippen molar-refractivity contribution in [3.05, 3.63) is 39.7 Å². The third-order valence-electron chi connectivity index (χ3n) is 1.79. The first-order valence-corrected chi connectivity index (χ1v) is 5.16. The van der Waals surface area contributed by atoms with E-state index in [1.165, 1.54) is 11.3 Å². The van der Waals surface area contributed by atoms with Gasteiger partial charge in [0, 0.05) is 10.6 Å². The molecule has 2 rings (SSSR count). The van der Waals surface area contributed by atoms with Crippen LogP contribution in [0.5, 0.6) is 0 Å². The molecule has 0 spiro atoms. The minimum Gasteiger partial charge on any atom is -0.243 e. The van der Waals surface area contributed by atoms with Gasteiger partial charge in [-0.3, -0.25) is 0 Å². The van der Waals surface area contributed by atoms with E-state index < -0.39 is 0 Å². The molecule has 0 atom stereocenters. The van der Waals surface area contributed by atoms with Crippen molar-refractivity contribution in [3.8, 4) is 17.3 Å². The van der Waals surface area contributed by atoms with E-state index in [4.69, 9.17) is 16.9 Å². The Hall–Kier alpha value is -1.37. The van der Waals surface area contributed by atoms with E-state index in [0.717, 1.165) is 11.3 Å². The summed E-state index contributed by atoms with van der Waals surface area (Å²) >= 11 is 7.11. The first-order chi connectivity index (χ1) is 6.81. The molecule has 0 aliphatic carbocycles. The fourth-order valence-electron chi connectivity index (χ4n) is 1.14. The van der Waals surface area contributed by atoms with Gasteiger partial charge < -0.3 is 0 Å². The van der Waals surface area contributed by atoms with Gasteiger partial charge in [-0.15, -0.1) is 11.3 Å². The molecule has 0 N–H and O–H groups in total. The highest BCUT2D eigenvalue weighted by atomic mass is 35.5. The summed E-state index contributed by atoms with van der Waals surface area (Å²) < 4.78 is 0. The van der Waals surface area contributed by atoms with Crippen molar-refractivity contribution in [2.75, 3.05) is 0 Å². The minimum atomic E-state index is 0.632. The molecule has 2 aromatic rings. The topological polar surface area (TPSA) is 36.7 Å². The second-order valence-electron chi connectivity index (χ2n) is 2.65. The van der Waals surface area contributed by atoms with Gasteiger partial charge in [0.25, 0.3) is 0 Å². The summed E-state index contributed by atoms with van der Waals surface area (Å²) in [5.74, 6) is 0. The first-order valence-electron chi connectivity index (χ1n) is 3.91. The van der Waals surface area contributed by atoms with Crippen molar-refractivity contribution in [2.24, 2.45) is 0 Å². The summed E-state index contributed by atoms with van der Waals surface area (Å²) in [5, 5.41) is 9.50. The second-order valence-corrected chi connectivity index (χ2v) is 3.94. The van der Waals surface area contributed by atoms with E-state index in [1.54, 1.807) is 17.6 Å². The van der Waals surface area contributed by atoms with Crippen LogP contribution in [0, 0.1) is 11.3 Å². The van der Waals surface area contributed by atoms with Crippen molar-refractivity contribution in [1.82, 2.24) is 4.98 Å². The van der Waals surface area contributed by atoms with E-state index in [1.807, 2.05) is 12.1 Å². The number of hydrogen-bond acceptors (Lipinski definition) is 3. The lowest BCUT2D eigenvalue weighted by Gasteiger charge is -1.96. The number of rotatable bonds is 1. The summed E-state index contributed by atoms with van der Waals surface area (Å²) in [5.41, 5.74) is 3.32. The zero-order valence-corrected chi connectivity index (χ0v) is 8.64. The number of thiazole rings is 1. The van der Waals surface area contributed by atoms with Crippen LogP contribution >= 0.6 is 22.9 Å². The zero-order valence-electron chi connectivity index (χ0n) is 7.07. The van der Waals surface area contributed by atoms with E-state index in [0.29, 0.717) is 9.90 Å². The molecular weight excluding hydrogens is 216 g/mol. The van der Waals surface area contributed by atoms with Crippen LogP contribution in [0.15, 0.2) is 29.8 Å². The maximum absolute atomic E-state index is 8.82. The number of benzene rings is 1. The van der Waals surface area contributed by atoms with Crippen molar-refractivity contribution in [3.63, 3.8) is 0 Å². The molecule has 1 heterocycles. The number of nitriles is 1. The maximum Gasteiger partial charge on any atom is 0.132 e. The number of hydrogen-bond donors (Lipinski definition) is 0. The van der Waals surface area contributed by atoms with Gasteiger partial charge in [-0.25, -0.2) is 4.98 Å². The number of aromatic nitrogens is 1. The maximum atomic E-state index is 8.82. The molecule has 0 fully saturated rings. The quantitative estimate of drug-likeness (QED) is 0.739. The van der Waals surface area contributed by atoms with Gasteiger partial charge in [-0.1, -0.05) is 23.7 Å². The second kappa shape index (κ2) is 3.79. The van der Waals surface area contributed by atoms with Crippen LogP contribution in [0.25, 0.3) is 11.3 Å². The Morgan fingerprint density at radius 2 is 2.00 bits per heavy atom. The molecule has 14 heavy (non-hydrogen) atoms. The lowest BCUT2D eigenvalue weighted by atomic mass is 10.1. The predicted octanol–water partition coefficient (Wildman–Crippen LogP) is 3.34. The van der Waals surface area contributed by atoms with Gasteiger partial charge in [0.1, 0.15) is 10.9 Å². The van der Waals surface area contributed by atoms with Crippen LogP contribution in [-0.4, -0.2) is 4.98 Å². The number of nitrogens with zero attached hydrogens (tertiary/aromatic N) is 2.